The van der Waals surface area contributed by atoms with Gasteiger partial charge in [-0.15, -0.1) is 0 Å². The zero-order valence-corrected chi connectivity index (χ0v) is 14.4. The van der Waals surface area contributed by atoms with Crippen LogP contribution in [0.25, 0.3) is 5.65 Å². The third-order valence-corrected chi connectivity index (χ3v) is 6.74. The lowest BCUT2D eigenvalue weighted by Crippen LogP contribution is -2.46. The normalized spacial score (nSPS) is 18.0. The third kappa shape index (κ3) is 2.98. The van der Waals surface area contributed by atoms with Gasteiger partial charge in [0.25, 0.3) is 10.2 Å². The quantitative estimate of drug-likeness (QED) is 0.829. The first-order valence-electron chi connectivity index (χ1n) is 8.11. The minimum Gasteiger partial charge on any atom is -0.237 e. The van der Waals surface area contributed by atoms with E-state index in [2.05, 4.69) is 10.1 Å². The molecule has 1 saturated heterocycles. The van der Waals surface area contributed by atoms with E-state index in [4.69, 9.17) is 0 Å². The molecule has 1 aliphatic heterocycles. The van der Waals surface area contributed by atoms with Crippen LogP contribution in [-0.2, 0) is 10.2 Å². The Morgan fingerprint density at radius 3 is 2.52 bits per heavy atom. The maximum Gasteiger partial charge on any atom is 0.281 e. The van der Waals surface area contributed by atoms with Gasteiger partial charge in [0.15, 0.2) is 5.65 Å². The van der Waals surface area contributed by atoms with E-state index < -0.39 is 10.2 Å². The molecule has 0 bridgehead atoms. The van der Waals surface area contributed by atoms with Crippen LogP contribution in [0.2, 0.25) is 0 Å². The molecular weight excluding hydrogens is 314 g/mol. The van der Waals surface area contributed by atoms with Crippen LogP contribution in [0, 0.1) is 0 Å². The first-order valence-corrected chi connectivity index (χ1v) is 9.51. The van der Waals surface area contributed by atoms with Gasteiger partial charge in [0.1, 0.15) is 0 Å². The molecule has 0 spiro atoms. The van der Waals surface area contributed by atoms with Crippen molar-refractivity contribution in [3.63, 3.8) is 0 Å². The monoisotopic (exact) mass is 337 g/mol. The van der Waals surface area contributed by atoms with Gasteiger partial charge in [0.2, 0.25) is 0 Å². The zero-order valence-electron chi connectivity index (χ0n) is 13.6. The van der Waals surface area contributed by atoms with Crippen molar-refractivity contribution in [3.8, 4) is 0 Å². The lowest BCUT2D eigenvalue weighted by molar-refractivity contribution is 0.288. The number of rotatable bonds is 5. The van der Waals surface area contributed by atoms with Crippen LogP contribution < -0.4 is 0 Å². The van der Waals surface area contributed by atoms with Crippen LogP contribution in [0.4, 0.5) is 0 Å². The summed E-state index contributed by atoms with van der Waals surface area (Å²) in [4.78, 5) is 4.28. The summed E-state index contributed by atoms with van der Waals surface area (Å²) in [6.45, 7) is 5.87. The molecule has 3 heterocycles. The van der Waals surface area contributed by atoms with Crippen molar-refractivity contribution >= 4 is 15.9 Å². The van der Waals surface area contributed by atoms with Gasteiger partial charge in [-0.2, -0.15) is 22.1 Å². The van der Waals surface area contributed by atoms with Crippen molar-refractivity contribution in [1.29, 1.82) is 0 Å². The van der Waals surface area contributed by atoms with Gasteiger partial charge in [-0.1, -0.05) is 13.8 Å². The van der Waals surface area contributed by atoms with Gasteiger partial charge in [-0.3, -0.25) is 0 Å². The van der Waals surface area contributed by atoms with Crippen molar-refractivity contribution in [3.05, 3.63) is 30.2 Å². The van der Waals surface area contributed by atoms with Gasteiger partial charge in [0, 0.05) is 50.1 Å². The Kier molecular flexibility index (Phi) is 4.65. The molecule has 0 amide bonds. The molecule has 0 N–H and O–H groups in total. The van der Waals surface area contributed by atoms with Crippen LogP contribution in [0.1, 0.15) is 38.3 Å². The number of piperidine rings is 1. The fourth-order valence-electron chi connectivity index (χ4n) is 3.26. The second kappa shape index (κ2) is 6.54. The fourth-order valence-corrected chi connectivity index (χ4v) is 4.91. The Hall–Kier alpha value is -1.51. The summed E-state index contributed by atoms with van der Waals surface area (Å²) in [6.07, 6.45) is 5.15. The highest BCUT2D eigenvalue weighted by Gasteiger charge is 2.32. The topological polar surface area (TPSA) is 70.8 Å². The van der Waals surface area contributed by atoms with E-state index in [1.54, 1.807) is 16.7 Å². The molecule has 3 rings (SSSR count). The number of aromatic nitrogens is 3. The molecule has 1 aliphatic rings. The van der Waals surface area contributed by atoms with E-state index in [-0.39, 0.29) is 0 Å². The Balaban J connectivity index is 1.75. The molecule has 0 aliphatic carbocycles. The molecule has 2 aromatic heterocycles. The molecule has 0 saturated carbocycles. The summed E-state index contributed by atoms with van der Waals surface area (Å²) < 4.78 is 30.2. The zero-order chi connectivity index (χ0) is 16.4. The summed E-state index contributed by atoms with van der Waals surface area (Å²) in [7, 11) is -3.33. The maximum atomic E-state index is 12.6. The predicted molar refractivity (Wildman–Crippen MR) is 88.4 cm³/mol. The van der Waals surface area contributed by atoms with Gasteiger partial charge in [-0.25, -0.2) is 9.50 Å². The molecule has 0 unspecified atom stereocenters. The van der Waals surface area contributed by atoms with Crippen LogP contribution in [-0.4, -0.2) is 57.8 Å². The minimum atomic E-state index is -3.33. The summed E-state index contributed by atoms with van der Waals surface area (Å²) in [5.74, 6) is 0.309. The second-order valence-corrected chi connectivity index (χ2v) is 7.66. The van der Waals surface area contributed by atoms with E-state index >= 15 is 0 Å². The van der Waals surface area contributed by atoms with E-state index in [9.17, 15) is 8.42 Å². The lowest BCUT2D eigenvalue weighted by atomic mass is 9.94. The predicted octanol–water partition coefficient (Wildman–Crippen LogP) is 1.50. The van der Waals surface area contributed by atoms with Crippen LogP contribution in [0.15, 0.2) is 24.5 Å². The van der Waals surface area contributed by atoms with Crippen molar-refractivity contribution in [2.24, 2.45) is 0 Å². The largest absolute Gasteiger partial charge is 0.281 e. The van der Waals surface area contributed by atoms with Crippen molar-refractivity contribution < 1.29 is 8.42 Å². The molecule has 0 aromatic carbocycles. The van der Waals surface area contributed by atoms with Gasteiger partial charge in [-0.05, 0) is 18.9 Å². The van der Waals surface area contributed by atoms with Crippen molar-refractivity contribution in [2.45, 2.75) is 32.6 Å². The Bertz CT molecular complexity index is 761. The highest BCUT2D eigenvalue weighted by atomic mass is 32.2. The SMILES string of the molecule is CCN(CC)S(=O)(=O)N1CCC(c2ccnc3ccnn23)CC1. The van der Waals surface area contributed by atoms with E-state index in [1.165, 1.54) is 4.31 Å². The summed E-state index contributed by atoms with van der Waals surface area (Å²) in [5, 5.41) is 4.33. The highest BCUT2D eigenvalue weighted by Crippen LogP contribution is 2.29. The molecule has 8 heteroatoms. The number of fused-ring (bicyclic) bond motifs is 1. The number of hydrogen-bond acceptors (Lipinski definition) is 4. The highest BCUT2D eigenvalue weighted by molar-refractivity contribution is 7.86. The Labute approximate surface area is 137 Å². The molecule has 126 valence electrons. The summed E-state index contributed by atoms with van der Waals surface area (Å²) in [5.41, 5.74) is 1.94. The summed E-state index contributed by atoms with van der Waals surface area (Å²) >= 11 is 0. The molecular formula is C15H23N5O2S. The molecule has 23 heavy (non-hydrogen) atoms. The molecule has 2 aromatic rings. The molecule has 0 atom stereocenters. The third-order valence-electron chi connectivity index (χ3n) is 4.55. The van der Waals surface area contributed by atoms with Crippen LogP contribution in [0.3, 0.4) is 0 Å². The van der Waals surface area contributed by atoms with Crippen LogP contribution in [0.5, 0.6) is 0 Å². The van der Waals surface area contributed by atoms with Gasteiger partial charge < -0.3 is 0 Å². The van der Waals surface area contributed by atoms with E-state index in [0.29, 0.717) is 32.1 Å². The first kappa shape index (κ1) is 16.4. The van der Waals surface area contributed by atoms with Crippen LogP contribution >= 0.6 is 0 Å². The summed E-state index contributed by atoms with van der Waals surface area (Å²) in [6, 6.07) is 3.86. The smallest absolute Gasteiger partial charge is 0.237 e. The standard InChI is InChI=1S/C15H23N5O2S/c1-3-18(4-2)23(21,22)19-11-7-13(8-12-19)14-5-9-16-15-6-10-17-20(14)15/h5-6,9-10,13H,3-4,7-8,11-12H2,1-2H3. The number of nitrogens with zero attached hydrogens (tertiary/aromatic N) is 5. The van der Waals surface area contributed by atoms with Crippen molar-refractivity contribution in [1.82, 2.24) is 23.2 Å². The molecule has 7 nitrogen and oxygen atoms in total. The van der Waals surface area contributed by atoms with Crippen molar-refractivity contribution in [2.75, 3.05) is 26.2 Å². The van der Waals surface area contributed by atoms with E-state index in [0.717, 1.165) is 24.2 Å². The maximum absolute atomic E-state index is 12.6. The fraction of sp³-hybridized carbons (Fsp3) is 0.600. The average Bonchev–Trinajstić information content (AvgIpc) is 3.04. The van der Waals surface area contributed by atoms with Gasteiger partial charge >= 0.3 is 0 Å². The molecule has 0 radical (unpaired) electrons. The Morgan fingerprint density at radius 1 is 1.17 bits per heavy atom. The minimum absolute atomic E-state index is 0.309. The number of hydrogen-bond donors (Lipinski definition) is 0. The van der Waals surface area contributed by atoms with Gasteiger partial charge in [0.05, 0.1) is 6.20 Å². The van der Waals surface area contributed by atoms with E-state index in [1.807, 2.05) is 30.5 Å². The molecule has 1 fully saturated rings. The Morgan fingerprint density at radius 2 is 1.87 bits per heavy atom. The average molecular weight is 337 g/mol. The first-order chi connectivity index (χ1) is 11.1. The second-order valence-electron chi connectivity index (χ2n) is 5.74. The lowest BCUT2D eigenvalue weighted by Gasteiger charge is -2.34.